The molecular weight excluding hydrogens is 326 g/mol. The van der Waals surface area contributed by atoms with Gasteiger partial charge >= 0.3 is 5.97 Å². The number of hydrogen-bond donors (Lipinski definition) is 1. The maximum atomic E-state index is 12.6. The molecule has 1 saturated heterocycles. The van der Waals surface area contributed by atoms with Crippen molar-refractivity contribution in [2.45, 2.75) is 32.2 Å². The molecule has 1 aromatic rings. The Kier molecular flexibility index (Phi) is 5.23. The van der Waals surface area contributed by atoms with Crippen molar-refractivity contribution in [2.75, 3.05) is 18.1 Å². The predicted octanol–water partition coefficient (Wildman–Crippen LogP) is 1.88. The van der Waals surface area contributed by atoms with E-state index in [1.54, 1.807) is 4.90 Å². The van der Waals surface area contributed by atoms with Crippen LogP contribution in [0.4, 0.5) is 0 Å². The summed E-state index contributed by atoms with van der Waals surface area (Å²) in [7, 11) is -3.07. The number of carboxylic acid groups (broad SMARTS) is 1. The fraction of sp³-hybridized carbons (Fsp3) is 0.571. The number of sulfone groups is 1. The van der Waals surface area contributed by atoms with E-state index in [1.807, 2.05) is 6.92 Å². The zero-order chi connectivity index (χ0) is 16.3. The van der Waals surface area contributed by atoms with Crippen LogP contribution in [-0.4, -0.2) is 54.4 Å². The van der Waals surface area contributed by atoms with Gasteiger partial charge in [0.25, 0.3) is 5.91 Å². The smallest absolute Gasteiger partial charge is 0.345 e. The van der Waals surface area contributed by atoms with Crippen molar-refractivity contribution < 1.29 is 23.1 Å². The molecule has 0 bridgehead atoms. The molecule has 1 unspecified atom stereocenters. The molecule has 1 atom stereocenters. The predicted molar refractivity (Wildman–Crippen MR) is 84.3 cm³/mol. The normalized spacial score (nSPS) is 20.0. The van der Waals surface area contributed by atoms with Crippen LogP contribution in [0.1, 0.15) is 45.5 Å². The van der Waals surface area contributed by atoms with Gasteiger partial charge in [-0.3, -0.25) is 4.79 Å². The van der Waals surface area contributed by atoms with Crippen LogP contribution in [0.3, 0.4) is 0 Å². The second kappa shape index (κ2) is 6.78. The van der Waals surface area contributed by atoms with Crippen molar-refractivity contribution in [3.8, 4) is 0 Å². The first kappa shape index (κ1) is 17.0. The highest BCUT2D eigenvalue weighted by molar-refractivity contribution is 7.91. The number of hydrogen-bond acceptors (Lipinski definition) is 5. The fourth-order valence-corrected chi connectivity index (χ4v) is 5.04. The number of rotatable bonds is 6. The summed E-state index contributed by atoms with van der Waals surface area (Å²) in [6.07, 6.45) is 2.14. The van der Waals surface area contributed by atoms with Crippen LogP contribution in [0.15, 0.2) is 12.1 Å². The lowest BCUT2D eigenvalue weighted by molar-refractivity contribution is 0.0693. The molecule has 122 valence electrons. The highest BCUT2D eigenvalue weighted by atomic mass is 32.2. The largest absolute Gasteiger partial charge is 0.477 e. The van der Waals surface area contributed by atoms with Gasteiger partial charge in [0.15, 0.2) is 9.84 Å². The first-order chi connectivity index (χ1) is 10.3. The fourth-order valence-electron chi connectivity index (χ4n) is 2.51. The third kappa shape index (κ3) is 3.86. The number of aromatic carboxylic acids is 1. The molecule has 2 heterocycles. The minimum absolute atomic E-state index is 0.000380. The molecule has 0 aliphatic carbocycles. The summed E-state index contributed by atoms with van der Waals surface area (Å²) >= 11 is 0.929. The lowest BCUT2D eigenvalue weighted by Crippen LogP contribution is -2.41. The topological polar surface area (TPSA) is 91.8 Å². The Bertz CT molecular complexity index is 665. The van der Waals surface area contributed by atoms with Crippen molar-refractivity contribution in [1.29, 1.82) is 0 Å². The summed E-state index contributed by atoms with van der Waals surface area (Å²) < 4.78 is 23.3. The summed E-state index contributed by atoms with van der Waals surface area (Å²) in [5.41, 5.74) is 0. The van der Waals surface area contributed by atoms with Gasteiger partial charge in [-0.25, -0.2) is 13.2 Å². The van der Waals surface area contributed by atoms with Gasteiger partial charge in [-0.2, -0.15) is 0 Å². The van der Waals surface area contributed by atoms with Gasteiger partial charge in [0.05, 0.1) is 16.4 Å². The molecule has 8 heteroatoms. The summed E-state index contributed by atoms with van der Waals surface area (Å²) in [4.78, 5) is 25.6. The Morgan fingerprint density at radius 1 is 1.36 bits per heavy atom. The quantitative estimate of drug-likeness (QED) is 0.850. The lowest BCUT2D eigenvalue weighted by atomic mass is 10.2. The zero-order valence-corrected chi connectivity index (χ0v) is 14.0. The number of carbonyl (C=O) groups is 2. The van der Waals surface area contributed by atoms with Gasteiger partial charge in [-0.1, -0.05) is 13.3 Å². The second-order valence-corrected chi connectivity index (χ2v) is 8.69. The molecule has 1 amide bonds. The van der Waals surface area contributed by atoms with Gasteiger partial charge in [-0.05, 0) is 25.0 Å². The number of nitrogens with zero attached hydrogens (tertiary/aromatic N) is 1. The molecule has 2 rings (SSSR count). The van der Waals surface area contributed by atoms with Gasteiger partial charge in [0.1, 0.15) is 4.88 Å². The SMILES string of the molecule is CCCCN(C(=O)c1ccc(C(=O)O)s1)C1CCS(=O)(=O)C1. The summed E-state index contributed by atoms with van der Waals surface area (Å²) in [6, 6.07) is 2.60. The average Bonchev–Trinajstić information content (AvgIpc) is 3.06. The molecule has 1 aliphatic rings. The Morgan fingerprint density at radius 2 is 2.05 bits per heavy atom. The van der Waals surface area contributed by atoms with Gasteiger partial charge < -0.3 is 10.0 Å². The van der Waals surface area contributed by atoms with E-state index in [4.69, 9.17) is 5.11 Å². The van der Waals surface area contributed by atoms with E-state index < -0.39 is 15.8 Å². The number of carboxylic acids is 1. The van der Waals surface area contributed by atoms with Crippen molar-refractivity contribution >= 4 is 33.1 Å². The minimum Gasteiger partial charge on any atom is -0.477 e. The Balaban J connectivity index is 2.20. The average molecular weight is 345 g/mol. The molecule has 0 spiro atoms. The lowest BCUT2D eigenvalue weighted by Gasteiger charge is -2.27. The van der Waals surface area contributed by atoms with Crippen molar-refractivity contribution in [1.82, 2.24) is 4.90 Å². The maximum Gasteiger partial charge on any atom is 0.345 e. The molecular formula is C14H19NO5S2. The Morgan fingerprint density at radius 3 is 2.55 bits per heavy atom. The maximum absolute atomic E-state index is 12.6. The molecule has 0 saturated carbocycles. The molecule has 1 fully saturated rings. The number of thiophene rings is 1. The third-order valence-corrected chi connectivity index (χ3v) is 6.50. The van der Waals surface area contributed by atoms with E-state index in [2.05, 4.69) is 0 Å². The van der Waals surface area contributed by atoms with Crippen LogP contribution in [0.5, 0.6) is 0 Å². The monoisotopic (exact) mass is 345 g/mol. The van der Waals surface area contributed by atoms with E-state index in [-0.39, 0.29) is 28.3 Å². The minimum atomic E-state index is -3.07. The Labute approximate surface area is 133 Å². The van der Waals surface area contributed by atoms with Gasteiger partial charge in [0, 0.05) is 12.6 Å². The number of carbonyl (C=O) groups excluding carboxylic acids is 1. The molecule has 6 nitrogen and oxygen atoms in total. The van der Waals surface area contributed by atoms with Gasteiger partial charge in [-0.15, -0.1) is 11.3 Å². The summed E-state index contributed by atoms with van der Waals surface area (Å²) in [5.74, 6) is -1.22. The molecule has 22 heavy (non-hydrogen) atoms. The van der Waals surface area contributed by atoms with E-state index in [9.17, 15) is 18.0 Å². The van der Waals surface area contributed by atoms with Crippen LogP contribution >= 0.6 is 11.3 Å². The van der Waals surface area contributed by atoms with E-state index in [0.717, 1.165) is 24.2 Å². The van der Waals surface area contributed by atoms with E-state index in [0.29, 0.717) is 17.8 Å². The van der Waals surface area contributed by atoms with Crippen molar-refractivity contribution in [2.24, 2.45) is 0 Å². The molecule has 0 aromatic carbocycles. The highest BCUT2D eigenvalue weighted by Crippen LogP contribution is 2.24. The van der Waals surface area contributed by atoms with Crippen molar-refractivity contribution in [3.05, 3.63) is 21.9 Å². The van der Waals surface area contributed by atoms with Crippen LogP contribution in [0, 0.1) is 0 Å². The van der Waals surface area contributed by atoms with E-state index >= 15 is 0 Å². The van der Waals surface area contributed by atoms with Gasteiger partial charge in [0.2, 0.25) is 0 Å². The molecule has 1 aliphatic heterocycles. The standard InChI is InChI=1S/C14H19NO5S2/c1-2-3-7-15(10-6-8-22(19,20)9-10)13(16)11-4-5-12(21-11)14(17)18/h4-5,10H,2-3,6-9H2,1H3,(H,17,18). The second-order valence-electron chi connectivity index (χ2n) is 5.38. The summed E-state index contributed by atoms with van der Waals surface area (Å²) in [6.45, 7) is 2.50. The summed E-state index contributed by atoms with van der Waals surface area (Å²) in [5, 5.41) is 8.95. The molecule has 1 N–H and O–H groups in total. The Hall–Kier alpha value is -1.41. The van der Waals surface area contributed by atoms with E-state index in [1.165, 1.54) is 12.1 Å². The zero-order valence-electron chi connectivity index (χ0n) is 12.3. The van der Waals surface area contributed by atoms with Crippen LogP contribution in [0.25, 0.3) is 0 Å². The van der Waals surface area contributed by atoms with Crippen LogP contribution < -0.4 is 0 Å². The third-order valence-electron chi connectivity index (χ3n) is 3.69. The molecule has 0 radical (unpaired) electrons. The van der Waals surface area contributed by atoms with Crippen molar-refractivity contribution in [3.63, 3.8) is 0 Å². The molecule has 1 aromatic heterocycles. The van der Waals surface area contributed by atoms with Crippen LogP contribution in [0.2, 0.25) is 0 Å². The number of amides is 1. The number of unbranched alkanes of at least 4 members (excludes halogenated alkanes) is 1. The first-order valence-electron chi connectivity index (χ1n) is 7.18. The highest BCUT2D eigenvalue weighted by Gasteiger charge is 2.35. The first-order valence-corrected chi connectivity index (χ1v) is 9.82. The van der Waals surface area contributed by atoms with Crippen LogP contribution in [-0.2, 0) is 9.84 Å².